The van der Waals surface area contributed by atoms with Crippen LogP contribution in [0.5, 0.6) is 0 Å². The summed E-state index contributed by atoms with van der Waals surface area (Å²) >= 11 is 0. The van der Waals surface area contributed by atoms with E-state index in [0.717, 1.165) is 32.3 Å². The molecule has 1 saturated heterocycles. The lowest BCUT2D eigenvalue weighted by Gasteiger charge is -2.24. The average molecular weight is 200 g/mol. The Hall–Kier alpha value is -0.610. The van der Waals surface area contributed by atoms with Crippen LogP contribution in [0.2, 0.25) is 0 Å². The Bertz CT molecular complexity index is 179. The fourth-order valence-corrected chi connectivity index (χ4v) is 1.60. The molecule has 14 heavy (non-hydrogen) atoms. The maximum Gasteiger partial charge on any atom is 0.237 e. The van der Waals surface area contributed by atoms with Gasteiger partial charge in [-0.2, -0.15) is 0 Å². The summed E-state index contributed by atoms with van der Waals surface area (Å²) in [7, 11) is 0. The topological polar surface area (TPSA) is 64.4 Å². The molecule has 0 bridgehead atoms. The van der Waals surface area contributed by atoms with E-state index in [-0.39, 0.29) is 18.0 Å². The minimum absolute atomic E-state index is 0.0395. The van der Waals surface area contributed by atoms with Crippen LogP contribution in [0.25, 0.3) is 0 Å². The molecule has 1 unspecified atom stereocenters. The lowest BCUT2D eigenvalue weighted by atomic mass is 10.1. The predicted molar refractivity (Wildman–Crippen MR) is 54.9 cm³/mol. The Morgan fingerprint density at radius 2 is 2.50 bits per heavy atom. The van der Waals surface area contributed by atoms with Crippen LogP contribution >= 0.6 is 0 Å². The van der Waals surface area contributed by atoms with E-state index in [9.17, 15) is 4.79 Å². The van der Waals surface area contributed by atoms with Crippen molar-refractivity contribution in [2.75, 3.05) is 13.2 Å². The molecule has 1 aliphatic rings. The molecule has 4 heteroatoms. The lowest BCUT2D eigenvalue weighted by molar-refractivity contribution is -0.124. The average Bonchev–Trinajstić information content (AvgIpc) is 2.19. The zero-order valence-electron chi connectivity index (χ0n) is 8.79. The van der Waals surface area contributed by atoms with Crippen molar-refractivity contribution in [1.82, 2.24) is 5.32 Å². The SMILES string of the molecule is CCC[C@H](N)C(=O)NC1CCCOC1. The number of carbonyl (C=O) groups is 1. The minimum atomic E-state index is -0.359. The van der Waals surface area contributed by atoms with Crippen molar-refractivity contribution in [2.24, 2.45) is 5.73 Å². The van der Waals surface area contributed by atoms with Gasteiger partial charge in [-0.05, 0) is 19.3 Å². The fourth-order valence-electron chi connectivity index (χ4n) is 1.60. The standard InChI is InChI=1S/C10H20N2O2/c1-2-4-9(11)10(13)12-8-5-3-6-14-7-8/h8-9H,2-7,11H2,1H3,(H,12,13)/t8?,9-/m0/s1. The molecule has 1 fully saturated rings. The quantitative estimate of drug-likeness (QED) is 0.691. The number of hydrogen-bond acceptors (Lipinski definition) is 3. The Labute approximate surface area is 85.2 Å². The molecule has 1 aliphatic heterocycles. The molecule has 3 N–H and O–H groups in total. The summed E-state index contributed by atoms with van der Waals surface area (Å²) in [5.74, 6) is -0.0395. The highest BCUT2D eigenvalue weighted by atomic mass is 16.5. The van der Waals surface area contributed by atoms with Crippen molar-refractivity contribution in [3.63, 3.8) is 0 Å². The van der Waals surface area contributed by atoms with Gasteiger partial charge in [0.05, 0.1) is 18.7 Å². The molecule has 0 radical (unpaired) electrons. The van der Waals surface area contributed by atoms with Gasteiger partial charge in [0.1, 0.15) is 0 Å². The third-order valence-electron chi connectivity index (χ3n) is 2.44. The molecule has 1 heterocycles. The Morgan fingerprint density at radius 1 is 1.71 bits per heavy atom. The third kappa shape index (κ3) is 3.64. The zero-order valence-corrected chi connectivity index (χ0v) is 8.79. The van der Waals surface area contributed by atoms with Crippen LogP contribution in [0.4, 0.5) is 0 Å². The molecule has 0 saturated carbocycles. The van der Waals surface area contributed by atoms with E-state index in [1.165, 1.54) is 0 Å². The minimum Gasteiger partial charge on any atom is -0.379 e. The van der Waals surface area contributed by atoms with Crippen LogP contribution in [0, 0.1) is 0 Å². The molecule has 1 amide bonds. The summed E-state index contributed by atoms with van der Waals surface area (Å²) in [6.07, 6.45) is 3.72. The van der Waals surface area contributed by atoms with Crippen LogP contribution < -0.4 is 11.1 Å². The van der Waals surface area contributed by atoms with E-state index in [1.807, 2.05) is 6.92 Å². The number of hydrogen-bond donors (Lipinski definition) is 2. The summed E-state index contributed by atoms with van der Waals surface area (Å²) in [6.45, 7) is 3.47. The number of amides is 1. The largest absolute Gasteiger partial charge is 0.379 e. The molecular weight excluding hydrogens is 180 g/mol. The van der Waals surface area contributed by atoms with Gasteiger partial charge in [-0.1, -0.05) is 13.3 Å². The Morgan fingerprint density at radius 3 is 3.07 bits per heavy atom. The Balaban J connectivity index is 2.24. The van der Waals surface area contributed by atoms with Crippen molar-refractivity contribution >= 4 is 5.91 Å². The highest BCUT2D eigenvalue weighted by Gasteiger charge is 2.19. The lowest BCUT2D eigenvalue weighted by Crippen LogP contribution is -2.48. The first-order valence-corrected chi connectivity index (χ1v) is 5.37. The molecule has 0 aromatic rings. The first-order valence-electron chi connectivity index (χ1n) is 5.37. The maximum atomic E-state index is 11.5. The summed E-state index contributed by atoms with van der Waals surface area (Å²) in [4.78, 5) is 11.5. The number of carbonyl (C=O) groups excluding carboxylic acids is 1. The van der Waals surface area contributed by atoms with E-state index < -0.39 is 0 Å². The van der Waals surface area contributed by atoms with Gasteiger partial charge in [0.25, 0.3) is 0 Å². The van der Waals surface area contributed by atoms with Gasteiger partial charge in [0.2, 0.25) is 5.91 Å². The van der Waals surface area contributed by atoms with Crippen molar-refractivity contribution in [1.29, 1.82) is 0 Å². The second-order valence-corrected chi connectivity index (χ2v) is 3.82. The fraction of sp³-hybridized carbons (Fsp3) is 0.900. The number of nitrogens with one attached hydrogen (secondary N) is 1. The van der Waals surface area contributed by atoms with Gasteiger partial charge < -0.3 is 15.8 Å². The van der Waals surface area contributed by atoms with Crippen LogP contribution in [0.1, 0.15) is 32.6 Å². The van der Waals surface area contributed by atoms with E-state index in [2.05, 4.69) is 5.32 Å². The number of rotatable bonds is 4. The monoisotopic (exact) mass is 200 g/mol. The molecule has 0 aliphatic carbocycles. The van der Waals surface area contributed by atoms with Gasteiger partial charge in [-0.25, -0.2) is 0 Å². The molecule has 0 aromatic carbocycles. The maximum absolute atomic E-state index is 11.5. The number of ether oxygens (including phenoxy) is 1. The van der Waals surface area contributed by atoms with E-state index in [0.29, 0.717) is 6.61 Å². The Kier molecular flexibility index (Phi) is 4.90. The van der Waals surface area contributed by atoms with E-state index in [1.54, 1.807) is 0 Å². The summed E-state index contributed by atoms with van der Waals surface area (Å²) in [5.41, 5.74) is 5.69. The second kappa shape index (κ2) is 5.98. The van der Waals surface area contributed by atoms with E-state index >= 15 is 0 Å². The number of nitrogens with two attached hydrogens (primary N) is 1. The molecule has 0 aromatic heterocycles. The zero-order chi connectivity index (χ0) is 10.4. The van der Waals surface area contributed by atoms with Crippen LogP contribution in [0.15, 0.2) is 0 Å². The van der Waals surface area contributed by atoms with Crippen LogP contribution in [0.3, 0.4) is 0 Å². The molecular formula is C10H20N2O2. The molecule has 2 atom stereocenters. The van der Waals surface area contributed by atoms with Crippen molar-refractivity contribution in [3.05, 3.63) is 0 Å². The van der Waals surface area contributed by atoms with Gasteiger partial charge in [-0.15, -0.1) is 0 Å². The van der Waals surface area contributed by atoms with Gasteiger partial charge in [-0.3, -0.25) is 4.79 Å². The van der Waals surface area contributed by atoms with Crippen molar-refractivity contribution in [2.45, 2.75) is 44.7 Å². The highest BCUT2D eigenvalue weighted by Crippen LogP contribution is 2.06. The first-order chi connectivity index (χ1) is 6.74. The molecule has 4 nitrogen and oxygen atoms in total. The summed E-state index contributed by atoms with van der Waals surface area (Å²) < 4.78 is 5.27. The summed E-state index contributed by atoms with van der Waals surface area (Å²) in [6, 6.07) is -0.193. The van der Waals surface area contributed by atoms with Crippen molar-refractivity contribution < 1.29 is 9.53 Å². The molecule has 1 rings (SSSR count). The second-order valence-electron chi connectivity index (χ2n) is 3.82. The summed E-state index contributed by atoms with van der Waals surface area (Å²) in [5, 5.41) is 2.91. The van der Waals surface area contributed by atoms with Crippen LogP contribution in [-0.4, -0.2) is 31.2 Å². The van der Waals surface area contributed by atoms with Crippen molar-refractivity contribution in [3.8, 4) is 0 Å². The van der Waals surface area contributed by atoms with E-state index in [4.69, 9.17) is 10.5 Å². The normalized spacial score (nSPS) is 24.3. The predicted octanol–water partition coefficient (Wildman–Crippen LogP) is 0.409. The van der Waals surface area contributed by atoms with Gasteiger partial charge >= 0.3 is 0 Å². The molecule has 0 spiro atoms. The molecule has 82 valence electrons. The van der Waals surface area contributed by atoms with Crippen LogP contribution in [-0.2, 0) is 9.53 Å². The first kappa shape index (κ1) is 11.5. The van der Waals surface area contributed by atoms with Gasteiger partial charge in [0, 0.05) is 6.61 Å². The third-order valence-corrected chi connectivity index (χ3v) is 2.44. The highest BCUT2D eigenvalue weighted by molar-refractivity contribution is 5.81. The van der Waals surface area contributed by atoms with Gasteiger partial charge in [0.15, 0.2) is 0 Å². The smallest absolute Gasteiger partial charge is 0.237 e.